The standard InChI is InChI=1S/C9H15F2/c1-6(2)3-7-4-8(7)5-9(10)11/h6,8-9H,3-5H2,1-2H3. The number of hydrogen-bond donors (Lipinski definition) is 0. The summed E-state index contributed by atoms with van der Waals surface area (Å²) in [5.74, 6) is 2.25. The molecule has 0 bridgehead atoms. The van der Waals surface area contributed by atoms with Crippen molar-refractivity contribution in [2.24, 2.45) is 11.8 Å². The zero-order valence-electron chi connectivity index (χ0n) is 7.11. The lowest BCUT2D eigenvalue weighted by Crippen LogP contribution is -1.94. The van der Waals surface area contributed by atoms with E-state index in [1.165, 1.54) is 5.92 Å². The Bertz CT molecular complexity index is 107. The molecule has 1 rings (SSSR count). The van der Waals surface area contributed by atoms with E-state index in [0.29, 0.717) is 5.92 Å². The van der Waals surface area contributed by atoms with Crippen molar-refractivity contribution in [3.63, 3.8) is 0 Å². The Kier molecular flexibility index (Phi) is 2.85. The average molecular weight is 161 g/mol. The van der Waals surface area contributed by atoms with E-state index in [2.05, 4.69) is 13.8 Å². The summed E-state index contributed by atoms with van der Waals surface area (Å²) in [4.78, 5) is 0. The normalized spacial score (nSPS) is 25.1. The first-order valence-corrected chi connectivity index (χ1v) is 4.22. The van der Waals surface area contributed by atoms with E-state index in [0.717, 1.165) is 12.8 Å². The summed E-state index contributed by atoms with van der Waals surface area (Å²) >= 11 is 0. The topological polar surface area (TPSA) is 0 Å². The van der Waals surface area contributed by atoms with Crippen LogP contribution in [-0.4, -0.2) is 6.43 Å². The van der Waals surface area contributed by atoms with Gasteiger partial charge in [0.25, 0.3) is 0 Å². The van der Waals surface area contributed by atoms with Crippen LogP contribution in [0.4, 0.5) is 8.78 Å². The molecule has 11 heavy (non-hydrogen) atoms. The van der Waals surface area contributed by atoms with Crippen LogP contribution in [-0.2, 0) is 0 Å². The van der Waals surface area contributed by atoms with E-state index in [9.17, 15) is 8.78 Å². The molecule has 1 aliphatic rings. The molecule has 0 N–H and O–H groups in total. The second-order valence-electron chi connectivity index (χ2n) is 3.78. The minimum absolute atomic E-state index is 0.0993. The van der Waals surface area contributed by atoms with Crippen molar-refractivity contribution in [2.75, 3.05) is 0 Å². The van der Waals surface area contributed by atoms with Gasteiger partial charge in [-0.3, -0.25) is 0 Å². The molecular weight excluding hydrogens is 146 g/mol. The van der Waals surface area contributed by atoms with Gasteiger partial charge in [-0.05, 0) is 30.6 Å². The highest BCUT2D eigenvalue weighted by Gasteiger charge is 2.39. The molecule has 0 amide bonds. The molecule has 65 valence electrons. The smallest absolute Gasteiger partial charge is 0.211 e. The van der Waals surface area contributed by atoms with Gasteiger partial charge in [-0.1, -0.05) is 13.8 Å². The fourth-order valence-corrected chi connectivity index (χ4v) is 1.50. The fourth-order valence-electron chi connectivity index (χ4n) is 1.50. The molecule has 1 fully saturated rings. The summed E-state index contributed by atoms with van der Waals surface area (Å²) in [7, 11) is 0. The van der Waals surface area contributed by atoms with Crippen molar-refractivity contribution in [1.82, 2.24) is 0 Å². The van der Waals surface area contributed by atoms with Crippen molar-refractivity contribution >= 4 is 0 Å². The highest BCUT2D eigenvalue weighted by Crippen LogP contribution is 2.48. The summed E-state index contributed by atoms with van der Waals surface area (Å²) in [6.45, 7) is 4.26. The largest absolute Gasteiger partial charge is 0.238 e. The van der Waals surface area contributed by atoms with Crippen molar-refractivity contribution in [2.45, 2.75) is 39.5 Å². The molecule has 1 unspecified atom stereocenters. The summed E-state index contributed by atoms with van der Waals surface area (Å²) in [6, 6.07) is 0. The lowest BCUT2D eigenvalue weighted by atomic mass is 10.1. The van der Waals surface area contributed by atoms with Gasteiger partial charge in [-0.15, -0.1) is 0 Å². The van der Waals surface area contributed by atoms with Crippen LogP contribution in [0.5, 0.6) is 0 Å². The summed E-state index contributed by atoms with van der Waals surface area (Å²) in [6.07, 6.45) is 0.00626. The van der Waals surface area contributed by atoms with E-state index in [-0.39, 0.29) is 12.3 Å². The molecule has 1 atom stereocenters. The van der Waals surface area contributed by atoms with Gasteiger partial charge in [0.1, 0.15) is 0 Å². The van der Waals surface area contributed by atoms with Crippen LogP contribution in [0.2, 0.25) is 0 Å². The molecule has 1 saturated carbocycles. The number of hydrogen-bond acceptors (Lipinski definition) is 0. The second-order valence-corrected chi connectivity index (χ2v) is 3.78. The maximum atomic E-state index is 11.8. The molecule has 0 aromatic rings. The number of alkyl halides is 2. The predicted octanol–water partition coefficient (Wildman–Crippen LogP) is 3.28. The molecule has 0 nitrogen and oxygen atoms in total. The third-order valence-corrected chi connectivity index (χ3v) is 2.06. The summed E-state index contributed by atoms with van der Waals surface area (Å²) in [5, 5.41) is 0. The van der Waals surface area contributed by atoms with E-state index < -0.39 is 6.43 Å². The zero-order valence-corrected chi connectivity index (χ0v) is 7.11. The highest BCUT2D eigenvalue weighted by atomic mass is 19.3. The van der Waals surface area contributed by atoms with Crippen LogP contribution in [0.15, 0.2) is 0 Å². The second kappa shape index (κ2) is 3.51. The Balaban J connectivity index is 2.07. The van der Waals surface area contributed by atoms with Crippen molar-refractivity contribution in [1.29, 1.82) is 0 Å². The van der Waals surface area contributed by atoms with Gasteiger partial charge in [-0.25, -0.2) is 8.78 Å². The number of rotatable bonds is 4. The minimum Gasteiger partial charge on any atom is -0.211 e. The van der Waals surface area contributed by atoms with Gasteiger partial charge < -0.3 is 0 Å². The SMILES string of the molecule is CC(C)C[C]1CC1CC(F)F. The van der Waals surface area contributed by atoms with Crippen LogP contribution in [0.1, 0.15) is 33.1 Å². The van der Waals surface area contributed by atoms with Gasteiger partial charge in [0.15, 0.2) is 0 Å². The molecule has 0 spiro atoms. The van der Waals surface area contributed by atoms with Gasteiger partial charge >= 0.3 is 0 Å². The van der Waals surface area contributed by atoms with Crippen molar-refractivity contribution in [3.05, 3.63) is 5.92 Å². The molecule has 1 radical (unpaired) electrons. The molecular formula is C9H15F2. The van der Waals surface area contributed by atoms with Crippen LogP contribution >= 0.6 is 0 Å². The Morgan fingerprint density at radius 3 is 2.55 bits per heavy atom. The Morgan fingerprint density at radius 1 is 1.45 bits per heavy atom. The Labute approximate surface area is 67.0 Å². The van der Waals surface area contributed by atoms with Gasteiger partial charge in [-0.2, -0.15) is 0 Å². The van der Waals surface area contributed by atoms with Crippen LogP contribution < -0.4 is 0 Å². The molecule has 1 aliphatic carbocycles. The average Bonchev–Trinajstić information content (AvgIpc) is 2.43. The van der Waals surface area contributed by atoms with Crippen molar-refractivity contribution < 1.29 is 8.78 Å². The lowest BCUT2D eigenvalue weighted by Gasteiger charge is -2.02. The predicted molar refractivity (Wildman–Crippen MR) is 41.4 cm³/mol. The molecule has 0 heterocycles. The zero-order chi connectivity index (χ0) is 8.43. The molecule has 2 heteroatoms. The van der Waals surface area contributed by atoms with E-state index in [4.69, 9.17) is 0 Å². The first kappa shape index (κ1) is 8.95. The Hall–Kier alpha value is -0.140. The summed E-state index contributed by atoms with van der Waals surface area (Å²) in [5.41, 5.74) is 0. The van der Waals surface area contributed by atoms with Gasteiger partial charge in [0.05, 0.1) is 0 Å². The van der Waals surface area contributed by atoms with Crippen LogP contribution in [0.25, 0.3) is 0 Å². The Morgan fingerprint density at radius 2 is 2.09 bits per heavy atom. The summed E-state index contributed by atoms with van der Waals surface area (Å²) < 4.78 is 23.6. The van der Waals surface area contributed by atoms with Crippen LogP contribution in [0.3, 0.4) is 0 Å². The first-order valence-electron chi connectivity index (χ1n) is 4.22. The maximum Gasteiger partial charge on any atom is 0.238 e. The van der Waals surface area contributed by atoms with Gasteiger partial charge in [0.2, 0.25) is 6.43 Å². The minimum atomic E-state index is -2.11. The third-order valence-electron chi connectivity index (χ3n) is 2.06. The van der Waals surface area contributed by atoms with Crippen LogP contribution in [0, 0.1) is 17.8 Å². The van der Waals surface area contributed by atoms with E-state index >= 15 is 0 Å². The molecule has 0 aromatic heterocycles. The maximum absolute atomic E-state index is 11.8. The quantitative estimate of drug-likeness (QED) is 0.593. The first-order chi connectivity index (χ1) is 5.09. The highest BCUT2D eigenvalue weighted by molar-refractivity contribution is 5.13. The molecule has 0 aliphatic heterocycles. The monoisotopic (exact) mass is 161 g/mol. The lowest BCUT2D eigenvalue weighted by molar-refractivity contribution is 0.131. The fraction of sp³-hybridized carbons (Fsp3) is 0.889. The van der Waals surface area contributed by atoms with E-state index in [1.807, 2.05) is 0 Å². The van der Waals surface area contributed by atoms with Crippen molar-refractivity contribution in [3.8, 4) is 0 Å². The molecule has 0 aromatic carbocycles. The molecule has 0 saturated heterocycles. The van der Waals surface area contributed by atoms with E-state index in [1.54, 1.807) is 0 Å². The third kappa shape index (κ3) is 3.17. The van der Waals surface area contributed by atoms with Gasteiger partial charge in [0, 0.05) is 6.42 Å². The number of halogens is 2.